The third-order valence-electron chi connectivity index (χ3n) is 6.63. The van der Waals surface area contributed by atoms with E-state index in [4.69, 9.17) is 16.6 Å². The van der Waals surface area contributed by atoms with E-state index in [-0.39, 0.29) is 5.91 Å². The second kappa shape index (κ2) is 9.61. The molecule has 0 atom stereocenters. The summed E-state index contributed by atoms with van der Waals surface area (Å²) in [7, 11) is 0. The fraction of sp³-hybridized carbons (Fsp3) is 0.286. The number of nitrogens with zero attached hydrogens (tertiary/aromatic N) is 4. The number of carbonyl (C=O) groups excluding carboxylic acids is 1. The van der Waals surface area contributed by atoms with E-state index in [9.17, 15) is 4.79 Å². The van der Waals surface area contributed by atoms with Gasteiger partial charge in [-0.05, 0) is 48.7 Å². The third kappa shape index (κ3) is 4.72. The van der Waals surface area contributed by atoms with Gasteiger partial charge in [-0.2, -0.15) is 0 Å². The van der Waals surface area contributed by atoms with Crippen molar-refractivity contribution in [1.29, 1.82) is 0 Å². The number of pyridine rings is 1. The highest BCUT2D eigenvalue weighted by molar-refractivity contribution is 6.30. The summed E-state index contributed by atoms with van der Waals surface area (Å²) in [6.45, 7) is 7.95. The molecule has 0 bridgehead atoms. The Bertz CT molecular complexity index is 1310. The monoisotopic (exact) mass is 472 g/mol. The molecule has 3 heterocycles. The molecule has 0 unspecified atom stereocenters. The number of carbonyl (C=O) groups is 1. The Morgan fingerprint density at radius 1 is 0.882 bits per heavy atom. The molecular weight excluding hydrogens is 444 g/mol. The summed E-state index contributed by atoms with van der Waals surface area (Å²) in [5.74, 6) is 0.157. The maximum absolute atomic E-state index is 11.9. The van der Waals surface area contributed by atoms with Crippen LogP contribution in [-0.2, 0) is 11.3 Å². The van der Waals surface area contributed by atoms with Gasteiger partial charge in [-0.25, -0.2) is 4.98 Å². The van der Waals surface area contributed by atoms with Crippen LogP contribution in [0.2, 0.25) is 5.02 Å². The van der Waals surface area contributed by atoms with Crippen LogP contribution in [0.15, 0.2) is 66.9 Å². The number of benzene rings is 2. The van der Waals surface area contributed by atoms with Crippen molar-refractivity contribution in [2.75, 3.05) is 26.2 Å². The Morgan fingerprint density at radius 3 is 2.32 bits per heavy atom. The second-order valence-corrected chi connectivity index (χ2v) is 9.50. The Hall–Kier alpha value is -3.15. The highest BCUT2D eigenvalue weighted by Crippen LogP contribution is 2.29. The Balaban J connectivity index is 1.56. The number of aryl methyl sites for hydroxylation is 1. The van der Waals surface area contributed by atoms with Crippen molar-refractivity contribution in [2.24, 2.45) is 0 Å². The number of amides is 1. The van der Waals surface area contributed by atoms with Crippen LogP contribution >= 0.6 is 11.6 Å². The van der Waals surface area contributed by atoms with Crippen LogP contribution in [0.3, 0.4) is 0 Å². The number of rotatable bonds is 4. The molecule has 1 aliphatic rings. The van der Waals surface area contributed by atoms with Crippen LogP contribution in [0.4, 0.5) is 0 Å². The van der Waals surface area contributed by atoms with Crippen LogP contribution in [0.25, 0.3) is 28.0 Å². The van der Waals surface area contributed by atoms with E-state index in [1.807, 2.05) is 29.2 Å². The van der Waals surface area contributed by atoms with Crippen molar-refractivity contribution in [2.45, 2.75) is 26.8 Å². The summed E-state index contributed by atoms with van der Waals surface area (Å²) >= 11 is 6.11. The molecule has 0 saturated carbocycles. The molecule has 0 aliphatic carbocycles. The van der Waals surface area contributed by atoms with Gasteiger partial charge in [0, 0.05) is 56.4 Å². The number of imidazole rings is 1. The van der Waals surface area contributed by atoms with Gasteiger partial charge >= 0.3 is 0 Å². The molecule has 5 rings (SSSR count). The van der Waals surface area contributed by atoms with Crippen molar-refractivity contribution in [1.82, 2.24) is 19.2 Å². The van der Waals surface area contributed by atoms with Crippen molar-refractivity contribution in [3.63, 3.8) is 0 Å². The highest BCUT2D eigenvalue weighted by Gasteiger charge is 2.21. The molecule has 0 spiro atoms. The molecule has 2 aromatic carbocycles. The molecular formula is C28H29ClN4O. The van der Waals surface area contributed by atoms with E-state index in [0.717, 1.165) is 72.2 Å². The minimum Gasteiger partial charge on any atom is -0.342 e. The predicted molar refractivity (Wildman–Crippen MR) is 138 cm³/mol. The molecule has 1 saturated heterocycles. The van der Waals surface area contributed by atoms with Gasteiger partial charge < -0.3 is 9.30 Å². The van der Waals surface area contributed by atoms with Gasteiger partial charge in [-0.3, -0.25) is 9.69 Å². The molecule has 174 valence electrons. The molecule has 1 fully saturated rings. The van der Waals surface area contributed by atoms with Crippen molar-refractivity contribution in [3.8, 4) is 22.4 Å². The molecule has 5 nitrogen and oxygen atoms in total. The number of hydrogen-bond acceptors (Lipinski definition) is 3. The summed E-state index contributed by atoms with van der Waals surface area (Å²) in [6.07, 6.45) is 3.16. The normalized spacial score (nSPS) is 15.0. The van der Waals surface area contributed by atoms with Crippen LogP contribution in [0, 0.1) is 6.92 Å². The van der Waals surface area contributed by atoms with Crippen molar-refractivity contribution >= 4 is 23.2 Å². The van der Waals surface area contributed by atoms with E-state index >= 15 is 0 Å². The summed E-state index contributed by atoms with van der Waals surface area (Å²) in [5, 5.41) is 0.732. The van der Waals surface area contributed by atoms with Gasteiger partial charge in [-0.15, -0.1) is 0 Å². The third-order valence-corrected chi connectivity index (χ3v) is 6.88. The zero-order valence-corrected chi connectivity index (χ0v) is 20.4. The minimum atomic E-state index is 0.157. The van der Waals surface area contributed by atoms with Gasteiger partial charge in [0.2, 0.25) is 5.91 Å². The maximum atomic E-state index is 11.9. The minimum absolute atomic E-state index is 0.157. The lowest BCUT2D eigenvalue weighted by Crippen LogP contribution is -2.33. The second-order valence-electron chi connectivity index (χ2n) is 9.06. The highest BCUT2D eigenvalue weighted by atomic mass is 35.5. The number of halogens is 1. The lowest BCUT2D eigenvalue weighted by Gasteiger charge is -2.21. The first kappa shape index (κ1) is 22.6. The lowest BCUT2D eigenvalue weighted by molar-refractivity contribution is -0.128. The molecule has 1 amide bonds. The van der Waals surface area contributed by atoms with Gasteiger partial charge in [0.25, 0.3) is 0 Å². The van der Waals surface area contributed by atoms with Gasteiger partial charge in [0.05, 0.1) is 11.4 Å². The first-order chi connectivity index (χ1) is 16.5. The summed E-state index contributed by atoms with van der Waals surface area (Å²) < 4.78 is 2.23. The fourth-order valence-electron chi connectivity index (χ4n) is 4.66. The van der Waals surface area contributed by atoms with Crippen LogP contribution in [0.1, 0.15) is 24.6 Å². The van der Waals surface area contributed by atoms with Crippen LogP contribution in [-0.4, -0.2) is 51.3 Å². The summed E-state index contributed by atoms with van der Waals surface area (Å²) in [5.41, 5.74) is 7.72. The van der Waals surface area contributed by atoms with E-state index in [1.54, 1.807) is 6.92 Å². The zero-order valence-electron chi connectivity index (χ0n) is 19.7. The Labute approximate surface area is 205 Å². The Morgan fingerprint density at radius 2 is 1.59 bits per heavy atom. The topological polar surface area (TPSA) is 40.9 Å². The lowest BCUT2D eigenvalue weighted by atomic mass is 10.1. The Kier molecular flexibility index (Phi) is 6.40. The standard InChI is InChI=1S/C28H29ClN4O/c1-20-4-6-23(7-5-20)28-26(19-31-14-3-15-32(17-16-31)21(2)34)33-18-24(10-13-27(33)30-28)22-8-11-25(29)12-9-22/h4-13,18H,3,14-17,19H2,1-2H3. The molecule has 34 heavy (non-hydrogen) atoms. The molecule has 4 aromatic rings. The zero-order chi connectivity index (χ0) is 23.7. The number of fused-ring (bicyclic) bond motifs is 1. The molecule has 6 heteroatoms. The first-order valence-corrected chi connectivity index (χ1v) is 12.2. The van der Waals surface area contributed by atoms with Crippen molar-refractivity contribution < 1.29 is 4.79 Å². The van der Waals surface area contributed by atoms with E-state index < -0.39 is 0 Å². The van der Waals surface area contributed by atoms with Gasteiger partial charge in [0.15, 0.2) is 0 Å². The smallest absolute Gasteiger partial charge is 0.219 e. The van der Waals surface area contributed by atoms with Crippen LogP contribution < -0.4 is 0 Å². The molecule has 1 aliphatic heterocycles. The number of aromatic nitrogens is 2. The van der Waals surface area contributed by atoms with E-state index in [2.05, 4.69) is 58.8 Å². The van der Waals surface area contributed by atoms with Gasteiger partial charge in [0.1, 0.15) is 5.65 Å². The largest absolute Gasteiger partial charge is 0.342 e. The fourth-order valence-corrected chi connectivity index (χ4v) is 4.78. The SMILES string of the molecule is CC(=O)N1CCCN(Cc2c(-c3ccc(C)cc3)nc3ccc(-c4ccc(Cl)cc4)cn23)CC1. The predicted octanol–water partition coefficient (Wildman–Crippen LogP) is 5.68. The number of hydrogen-bond donors (Lipinski definition) is 0. The average Bonchev–Trinajstić information content (AvgIpc) is 3.01. The average molecular weight is 473 g/mol. The quantitative estimate of drug-likeness (QED) is 0.383. The first-order valence-electron chi connectivity index (χ1n) is 11.8. The molecule has 2 aromatic heterocycles. The van der Waals surface area contributed by atoms with E-state index in [0.29, 0.717) is 0 Å². The molecule has 0 N–H and O–H groups in total. The maximum Gasteiger partial charge on any atom is 0.219 e. The van der Waals surface area contributed by atoms with Crippen LogP contribution in [0.5, 0.6) is 0 Å². The van der Waals surface area contributed by atoms with E-state index in [1.165, 1.54) is 11.3 Å². The van der Waals surface area contributed by atoms with Crippen molar-refractivity contribution in [3.05, 3.63) is 83.1 Å². The summed E-state index contributed by atoms with van der Waals surface area (Å²) in [4.78, 5) is 21.3. The summed E-state index contributed by atoms with van der Waals surface area (Å²) in [6, 6.07) is 20.7. The van der Waals surface area contributed by atoms with Gasteiger partial charge in [-0.1, -0.05) is 53.6 Å². The molecule has 0 radical (unpaired) electrons.